The molecule has 0 aliphatic carbocycles. The Hall–Kier alpha value is -3.22. The number of ether oxygens (including phenoxy) is 1. The van der Waals surface area contributed by atoms with Crippen molar-refractivity contribution < 1.29 is 14.3 Å². The number of nitrogens with zero attached hydrogens (tertiary/aromatic N) is 4. The van der Waals surface area contributed by atoms with E-state index in [0.717, 1.165) is 16.6 Å². The average Bonchev–Trinajstić information content (AvgIpc) is 3.30. The van der Waals surface area contributed by atoms with E-state index in [-0.39, 0.29) is 18.0 Å². The van der Waals surface area contributed by atoms with Gasteiger partial charge in [-0.1, -0.05) is 18.2 Å². The van der Waals surface area contributed by atoms with Gasteiger partial charge >= 0.3 is 5.97 Å². The van der Waals surface area contributed by atoms with Crippen molar-refractivity contribution >= 4 is 22.9 Å². The lowest BCUT2D eigenvalue weighted by Crippen LogP contribution is -2.45. The number of esters is 1. The van der Waals surface area contributed by atoms with Crippen LogP contribution in [-0.2, 0) is 16.1 Å². The van der Waals surface area contributed by atoms with E-state index in [0.29, 0.717) is 44.6 Å². The number of likely N-dealkylation sites (tertiary alicyclic amines) is 1. The van der Waals surface area contributed by atoms with Gasteiger partial charge in [0.2, 0.25) is 0 Å². The minimum absolute atomic E-state index is 0.0595. The smallest absolute Gasteiger partial charge is 0.312 e. The summed E-state index contributed by atoms with van der Waals surface area (Å²) in [7, 11) is 0. The maximum Gasteiger partial charge on any atom is 0.312 e. The quantitative estimate of drug-likeness (QED) is 0.627. The molecule has 2 fully saturated rings. The van der Waals surface area contributed by atoms with Crippen LogP contribution in [0.4, 0.5) is 0 Å². The van der Waals surface area contributed by atoms with Gasteiger partial charge in [-0.3, -0.25) is 14.6 Å². The largest absolute Gasteiger partial charge is 0.460 e. The molecule has 4 heterocycles. The van der Waals surface area contributed by atoms with Gasteiger partial charge < -0.3 is 14.2 Å². The van der Waals surface area contributed by atoms with Crippen molar-refractivity contribution in [1.82, 2.24) is 19.4 Å². The molecule has 1 amide bonds. The van der Waals surface area contributed by atoms with Crippen LogP contribution in [0.2, 0.25) is 0 Å². The van der Waals surface area contributed by atoms with Crippen molar-refractivity contribution in [3.05, 3.63) is 60.2 Å². The van der Waals surface area contributed by atoms with Crippen LogP contribution < -0.4 is 0 Å². The number of piperidine rings is 1. The molecule has 0 radical (unpaired) electrons. The van der Waals surface area contributed by atoms with E-state index in [1.165, 1.54) is 0 Å². The number of hydrogen-bond acceptors (Lipinski definition) is 5. The highest BCUT2D eigenvalue weighted by Crippen LogP contribution is 2.43. The number of fused-ring (bicyclic) bond motifs is 1. The summed E-state index contributed by atoms with van der Waals surface area (Å²) in [4.78, 5) is 36.1. The first-order valence-electron chi connectivity index (χ1n) is 10.4. The molecule has 2 saturated heterocycles. The number of aryl methyl sites for hydroxylation is 1. The zero-order valence-electron chi connectivity index (χ0n) is 17.0. The van der Waals surface area contributed by atoms with Crippen LogP contribution in [0.1, 0.15) is 35.3 Å². The fraction of sp³-hybridized carbons (Fsp3) is 0.391. The van der Waals surface area contributed by atoms with Crippen LogP contribution in [0.25, 0.3) is 11.0 Å². The summed E-state index contributed by atoms with van der Waals surface area (Å²) in [6, 6.07) is 11.7. The number of imidazole rings is 1. The number of benzene rings is 1. The van der Waals surface area contributed by atoms with E-state index in [2.05, 4.69) is 14.5 Å². The van der Waals surface area contributed by atoms with E-state index >= 15 is 0 Å². The Morgan fingerprint density at radius 3 is 2.77 bits per heavy atom. The third-order valence-electron chi connectivity index (χ3n) is 6.47. The number of hydrogen-bond donors (Lipinski definition) is 0. The van der Waals surface area contributed by atoms with Gasteiger partial charge in [-0.15, -0.1) is 0 Å². The van der Waals surface area contributed by atoms with Crippen LogP contribution in [0, 0.1) is 12.3 Å². The molecule has 30 heavy (non-hydrogen) atoms. The monoisotopic (exact) mass is 404 g/mol. The number of aromatic nitrogens is 3. The van der Waals surface area contributed by atoms with Crippen molar-refractivity contribution in [3.63, 3.8) is 0 Å². The van der Waals surface area contributed by atoms with E-state index < -0.39 is 5.41 Å². The van der Waals surface area contributed by atoms with Crippen LogP contribution in [0.3, 0.4) is 0 Å². The van der Waals surface area contributed by atoms with Crippen molar-refractivity contribution in [3.8, 4) is 0 Å². The Balaban J connectivity index is 1.26. The fourth-order valence-electron chi connectivity index (χ4n) is 4.72. The maximum absolute atomic E-state index is 12.8. The van der Waals surface area contributed by atoms with Gasteiger partial charge in [0.25, 0.3) is 5.91 Å². The van der Waals surface area contributed by atoms with Crippen molar-refractivity contribution in [2.75, 3.05) is 13.1 Å². The summed E-state index contributed by atoms with van der Waals surface area (Å²) in [5, 5.41) is 0. The molecule has 1 spiro atoms. The molecule has 5 rings (SSSR count). The lowest BCUT2D eigenvalue weighted by atomic mass is 9.76. The first-order chi connectivity index (χ1) is 14.6. The Bertz CT molecular complexity index is 1110. The Labute approximate surface area is 174 Å². The number of carbonyl (C=O) groups is 2. The second-order valence-corrected chi connectivity index (χ2v) is 8.36. The lowest BCUT2D eigenvalue weighted by Gasteiger charge is -2.36. The van der Waals surface area contributed by atoms with Crippen LogP contribution in [0.5, 0.6) is 0 Å². The molecule has 1 atom stereocenters. The Morgan fingerprint density at radius 1 is 1.17 bits per heavy atom. The zero-order chi connectivity index (χ0) is 20.7. The molecule has 2 aliphatic heterocycles. The fourth-order valence-corrected chi connectivity index (χ4v) is 4.72. The number of pyridine rings is 1. The third-order valence-corrected chi connectivity index (χ3v) is 6.47. The lowest BCUT2D eigenvalue weighted by molar-refractivity contribution is -0.150. The summed E-state index contributed by atoms with van der Waals surface area (Å²) in [5.74, 6) is -0.186. The van der Waals surface area contributed by atoms with Gasteiger partial charge in [0, 0.05) is 25.7 Å². The second-order valence-electron chi connectivity index (χ2n) is 8.36. The topological polar surface area (TPSA) is 77.3 Å². The summed E-state index contributed by atoms with van der Waals surface area (Å²) in [6.07, 6.45) is 5.22. The van der Waals surface area contributed by atoms with E-state index in [1.54, 1.807) is 12.5 Å². The van der Waals surface area contributed by atoms with Crippen LogP contribution >= 0.6 is 0 Å². The van der Waals surface area contributed by atoms with E-state index in [1.807, 2.05) is 48.2 Å². The first kappa shape index (κ1) is 18.8. The van der Waals surface area contributed by atoms with Gasteiger partial charge in [-0.25, -0.2) is 4.98 Å². The SMILES string of the molecule is Cc1cccnc1C(=O)N1CCC2(CC1)CC(Cn1cnc3ccccc31)OC2=O. The van der Waals surface area contributed by atoms with Gasteiger partial charge in [-0.05, 0) is 43.5 Å². The van der Waals surface area contributed by atoms with Crippen LogP contribution in [-0.4, -0.2) is 50.5 Å². The molecular weight excluding hydrogens is 380 g/mol. The zero-order valence-corrected chi connectivity index (χ0v) is 17.0. The predicted molar refractivity (Wildman–Crippen MR) is 111 cm³/mol. The van der Waals surface area contributed by atoms with Gasteiger partial charge in [0.05, 0.1) is 29.3 Å². The van der Waals surface area contributed by atoms with Crippen molar-refractivity contribution in [2.24, 2.45) is 5.41 Å². The maximum atomic E-state index is 12.8. The van der Waals surface area contributed by atoms with Gasteiger partial charge in [-0.2, -0.15) is 0 Å². The van der Waals surface area contributed by atoms with E-state index in [4.69, 9.17) is 4.74 Å². The van der Waals surface area contributed by atoms with E-state index in [9.17, 15) is 9.59 Å². The highest BCUT2D eigenvalue weighted by molar-refractivity contribution is 5.94. The van der Waals surface area contributed by atoms with Gasteiger partial charge in [0.15, 0.2) is 0 Å². The van der Waals surface area contributed by atoms with Crippen molar-refractivity contribution in [1.29, 1.82) is 0 Å². The van der Waals surface area contributed by atoms with Crippen LogP contribution in [0.15, 0.2) is 48.9 Å². The van der Waals surface area contributed by atoms with Crippen molar-refractivity contribution in [2.45, 2.75) is 38.8 Å². The highest BCUT2D eigenvalue weighted by Gasteiger charge is 2.51. The molecule has 0 saturated carbocycles. The minimum Gasteiger partial charge on any atom is -0.460 e. The molecule has 1 unspecified atom stereocenters. The highest BCUT2D eigenvalue weighted by atomic mass is 16.6. The molecule has 154 valence electrons. The number of carbonyl (C=O) groups excluding carboxylic acids is 2. The molecule has 2 aromatic heterocycles. The number of rotatable bonds is 3. The predicted octanol–water partition coefficient (Wildman–Crippen LogP) is 2.98. The number of para-hydroxylation sites is 2. The molecule has 2 aliphatic rings. The summed E-state index contributed by atoms with van der Waals surface area (Å²) in [6.45, 7) is 3.59. The minimum atomic E-state index is -0.489. The standard InChI is InChI=1S/C23H24N4O3/c1-16-5-4-10-24-20(16)21(28)26-11-8-23(9-12-26)13-17(30-22(23)29)14-27-15-25-18-6-2-3-7-19(18)27/h2-7,10,15,17H,8-9,11-14H2,1H3. The summed E-state index contributed by atoms with van der Waals surface area (Å²) >= 11 is 0. The normalized spacial score (nSPS) is 20.6. The molecule has 1 aromatic carbocycles. The summed E-state index contributed by atoms with van der Waals surface area (Å²) < 4.78 is 7.82. The second kappa shape index (κ2) is 7.23. The Kier molecular flexibility index (Phi) is 4.53. The molecular formula is C23H24N4O3. The third kappa shape index (κ3) is 3.14. The molecule has 0 bridgehead atoms. The molecule has 3 aromatic rings. The number of amides is 1. The molecule has 7 heteroatoms. The molecule has 7 nitrogen and oxygen atoms in total. The summed E-state index contributed by atoms with van der Waals surface area (Å²) in [5.41, 5.74) is 2.86. The van der Waals surface area contributed by atoms with Gasteiger partial charge in [0.1, 0.15) is 11.8 Å². The molecule has 0 N–H and O–H groups in total. The first-order valence-corrected chi connectivity index (χ1v) is 10.4. The number of cyclic esters (lactones) is 1. The average molecular weight is 404 g/mol. The Morgan fingerprint density at radius 2 is 1.97 bits per heavy atom.